The summed E-state index contributed by atoms with van der Waals surface area (Å²) in [6.45, 7) is 10.7. The van der Waals surface area contributed by atoms with Crippen molar-refractivity contribution in [1.82, 2.24) is 15.3 Å². The lowest BCUT2D eigenvalue weighted by Crippen LogP contribution is -2.23. The minimum Gasteiger partial charge on any atom is -0.310 e. The summed E-state index contributed by atoms with van der Waals surface area (Å²) >= 11 is 0. The average Bonchev–Trinajstić information content (AvgIpc) is 2.40. The lowest BCUT2D eigenvalue weighted by atomic mass is 10.1. The average molecular weight is 287 g/mol. The van der Waals surface area contributed by atoms with E-state index >= 15 is 0 Å². The van der Waals surface area contributed by atoms with Gasteiger partial charge >= 0.3 is 0 Å². The Hall–Kier alpha value is -1.81. The van der Waals surface area contributed by atoms with E-state index in [9.17, 15) is 4.39 Å². The van der Waals surface area contributed by atoms with Gasteiger partial charge in [-0.1, -0.05) is 13.8 Å². The zero-order valence-electron chi connectivity index (χ0n) is 13.3. The Morgan fingerprint density at radius 1 is 1.10 bits per heavy atom. The second kappa shape index (κ2) is 6.31. The van der Waals surface area contributed by atoms with Crippen LogP contribution in [-0.4, -0.2) is 16.0 Å². The maximum Gasteiger partial charge on any atom is 0.159 e. The second-order valence-electron chi connectivity index (χ2n) is 5.70. The molecule has 1 heterocycles. The predicted octanol–water partition coefficient (Wildman–Crippen LogP) is 3.71. The molecule has 0 unspecified atom stereocenters. The molecule has 1 aromatic carbocycles. The van der Waals surface area contributed by atoms with Crippen molar-refractivity contribution in [2.24, 2.45) is 0 Å². The summed E-state index contributed by atoms with van der Waals surface area (Å²) in [5.74, 6) is 0.450. The zero-order valence-corrected chi connectivity index (χ0v) is 13.3. The number of nitrogens with zero attached hydrogens (tertiary/aromatic N) is 2. The number of benzene rings is 1. The number of aryl methyl sites for hydroxylation is 3. The fourth-order valence-electron chi connectivity index (χ4n) is 2.21. The van der Waals surface area contributed by atoms with Crippen LogP contribution in [-0.2, 0) is 6.54 Å². The van der Waals surface area contributed by atoms with Gasteiger partial charge in [0.05, 0.1) is 0 Å². The van der Waals surface area contributed by atoms with Crippen LogP contribution in [0.5, 0.6) is 0 Å². The molecule has 0 atom stereocenters. The van der Waals surface area contributed by atoms with Crippen molar-refractivity contribution in [3.05, 3.63) is 46.5 Å². The molecule has 0 amide bonds. The van der Waals surface area contributed by atoms with Gasteiger partial charge in [0.25, 0.3) is 0 Å². The Kier molecular flexibility index (Phi) is 4.68. The molecule has 2 rings (SSSR count). The fraction of sp³-hybridized carbons (Fsp3) is 0.412. The molecule has 0 aliphatic rings. The van der Waals surface area contributed by atoms with Crippen molar-refractivity contribution in [3.63, 3.8) is 0 Å². The molecule has 112 valence electrons. The predicted molar refractivity (Wildman–Crippen MR) is 83.6 cm³/mol. The van der Waals surface area contributed by atoms with E-state index in [-0.39, 0.29) is 5.82 Å². The normalized spacial score (nSPS) is 11.2. The van der Waals surface area contributed by atoms with Gasteiger partial charge in [-0.25, -0.2) is 14.4 Å². The Balaban J connectivity index is 2.36. The highest BCUT2D eigenvalue weighted by Crippen LogP contribution is 2.21. The third kappa shape index (κ3) is 3.64. The largest absolute Gasteiger partial charge is 0.310 e. The van der Waals surface area contributed by atoms with Gasteiger partial charge in [0.2, 0.25) is 0 Å². The third-order valence-corrected chi connectivity index (χ3v) is 3.52. The van der Waals surface area contributed by atoms with Crippen LogP contribution in [0.4, 0.5) is 4.39 Å². The van der Waals surface area contributed by atoms with Crippen molar-refractivity contribution < 1.29 is 4.39 Å². The number of hydrogen-bond donors (Lipinski definition) is 1. The molecule has 0 aliphatic heterocycles. The van der Waals surface area contributed by atoms with Crippen molar-refractivity contribution in [2.75, 3.05) is 0 Å². The lowest BCUT2D eigenvalue weighted by Gasteiger charge is -2.14. The maximum absolute atomic E-state index is 13.4. The standard InChI is InChI=1S/C17H22FN3/c1-10(2)19-9-15-12(4)20-17(21-13(15)5)14-6-7-16(18)11(3)8-14/h6-8,10,19H,9H2,1-5H3. The van der Waals surface area contributed by atoms with E-state index in [0.29, 0.717) is 17.4 Å². The monoisotopic (exact) mass is 287 g/mol. The highest BCUT2D eigenvalue weighted by Gasteiger charge is 2.11. The Labute approximate surface area is 125 Å². The summed E-state index contributed by atoms with van der Waals surface area (Å²) in [4.78, 5) is 9.16. The van der Waals surface area contributed by atoms with Crippen LogP contribution in [0.2, 0.25) is 0 Å². The SMILES string of the molecule is Cc1cc(-c2nc(C)c(CNC(C)C)c(C)n2)ccc1F. The van der Waals surface area contributed by atoms with Crippen LogP contribution in [0.3, 0.4) is 0 Å². The van der Waals surface area contributed by atoms with Gasteiger partial charge in [-0.3, -0.25) is 0 Å². The van der Waals surface area contributed by atoms with Gasteiger partial charge in [0.1, 0.15) is 5.82 Å². The molecule has 1 aromatic heterocycles. The van der Waals surface area contributed by atoms with Gasteiger partial charge < -0.3 is 5.32 Å². The zero-order chi connectivity index (χ0) is 15.6. The van der Waals surface area contributed by atoms with E-state index in [0.717, 1.165) is 29.1 Å². The first-order valence-electron chi connectivity index (χ1n) is 7.22. The van der Waals surface area contributed by atoms with E-state index in [4.69, 9.17) is 0 Å². The molecule has 0 aliphatic carbocycles. The number of halogens is 1. The summed E-state index contributed by atoms with van der Waals surface area (Å²) < 4.78 is 13.4. The number of rotatable bonds is 4. The Morgan fingerprint density at radius 3 is 2.24 bits per heavy atom. The first-order valence-corrected chi connectivity index (χ1v) is 7.22. The van der Waals surface area contributed by atoms with Crippen LogP contribution in [0.1, 0.15) is 36.4 Å². The van der Waals surface area contributed by atoms with Crippen molar-refractivity contribution in [3.8, 4) is 11.4 Å². The van der Waals surface area contributed by atoms with Crippen molar-refractivity contribution >= 4 is 0 Å². The van der Waals surface area contributed by atoms with Crippen LogP contribution >= 0.6 is 0 Å². The van der Waals surface area contributed by atoms with Gasteiger partial charge in [-0.2, -0.15) is 0 Å². The molecule has 4 heteroatoms. The molecule has 0 saturated carbocycles. The van der Waals surface area contributed by atoms with Crippen LogP contribution in [0.25, 0.3) is 11.4 Å². The van der Waals surface area contributed by atoms with Gasteiger partial charge in [-0.05, 0) is 44.5 Å². The lowest BCUT2D eigenvalue weighted by molar-refractivity contribution is 0.583. The molecular formula is C17H22FN3. The molecule has 1 N–H and O–H groups in total. The quantitative estimate of drug-likeness (QED) is 0.931. The Morgan fingerprint density at radius 2 is 1.71 bits per heavy atom. The maximum atomic E-state index is 13.4. The van der Waals surface area contributed by atoms with Crippen molar-refractivity contribution in [1.29, 1.82) is 0 Å². The first kappa shape index (κ1) is 15.6. The van der Waals surface area contributed by atoms with Crippen LogP contribution in [0.15, 0.2) is 18.2 Å². The van der Waals surface area contributed by atoms with Gasteiger partial charge in [0.15, 0.2) is 5.82 Å². The summed E-state index contributed by atoms with van der Waals surface area (Å²) in [5, 5.41) is 3.39. The minimum absolute atomic E-state index is 0.204. The van der Waals surface area contributed by atoms with E-state index in [2.05, 4.69) is 29.1 Å². The molecular weight excluding hydrogens is 265 g/mol. The topological polar surface area (TPSA) is 37.8 Å². The fourth-order valence-corrected chi connectivity index (χ4v) is 2.21. The van der Waals surface area contributed by atoms with E-state index in [1.165, 1.54) is 6.07 Å². The summed E-state index contributed by atoms with van der Waals surface area (Å²) in [7, 11) is 0. The summed E-state index contributed by atoms with van der Waals surface area (Å²) in [6.07, 6.45) is 0. The molecule has 21 heavy (non-hydrogen) atoms. The summed E-state index contributed by atoms with van der Waals surface area (Å²) in [6, 6.07) is 5.40. The molecule has 2 aromatic rings. The van der Waals surface area contributed by atoms with E-state index < -0.39 is 0 Å². The van der Waals surface area contributed by atoms with Gasteiger partial charge in [-0.15, -0.1) is 0 Å². The molecule has 0 spiro atoms. The molecule has 0 bridgehead atoms. The second-order valence-corrected chi connectivity index (χ2v) is 5.70. The molecule has 3 nitrogen and oxygen atoms in total. The van der Waals surface area contributed by atoms with Crippen LogP contribution < -0.4 is 5.32 Å². The minimum atomic E-state index is -0.204. The molecule has 0 radical (unpaired) electrons. The number of hydrogen-bond acceptors (Lipinski definition) is 3. The van der Waals surface area contributed by atoms with Crippen molar-refractivity contribution in [2.45, 2.75) is 47.2 Å². The number of aromatic nitrogens is 2. The van der Waals surface area contributed by atoms with Crippen LogP contribution in [0, 0.1) is 26.6 Å². The van der Waals surface area contributed by atoms with E-state index in [1.807, 2.05) is 13.8 Å². The highest BCUT2D eigenvalue weighted by atomic mass is 19.1. The van der Waals surface area contributed by atoms with E-state index in [1.54, 1.807) is 19.1 Å². The van der Waals surface area contributed by atoms with Gasteiger partial charge in [0, 0.05) is 35.1 Å². The smallest absolute Gasteiger partial charge is 0.159 e. The Bertz CT molecular complexity index is 627. The first-order chi connectivity index (χ1) is 9.88. The summed E-state index contributed by atoms with van der Waals surface area (Å²) in [5.41, 5.74) is 4.52. The number of nitrogens with one attached hydrogen (secondary N) is 1. The highest BCUT2D eigenvalue weighted by molar-refractivity contribution is 5.57. The molecule has 0 fully saturated rings. The molecule has 0 saturated heterocycles. The third-order valence-electron chi connectivity index (χ3n) is 3.52.